The highest BCUT2D eigenvalue weighted by atomic mass is 35.5. The second-order valence-corrected chi connectivity index (χ2v) is 8.63. The zero-order valence-corrected chi connectivity index (χ0v) is 17.9. The predicted octanol–water partition coefficient (Wildman–Crippen LogP) is 3.21. The molecule has 0 radical (unpaired) electrons. The van der Waals surface area contributed by atoms with E-state index in [0.717, 1.165) is 0 Å². The van der Waals surface area contributed by atoms with Crippen LogP contribution < -0.4 is 15.2 Å². The van der Waals surface area contributed by atoms with Gasteiger partial charge >= 0.3 is 0 Å². The molecule has 12 heteroatoms. The number of anilines is 2. The number of halogens is 2. The van der Waals surface area contributed by atoms with Crippen molar-refractivity contribution in [1.82, 2.24) is 19.5 Å². The van der Waals surface area contributed by atoms with Crippen LogP contribution in [-0.4, -0.2) is 35.0 Å². The van der Waals surface area contributed by atoms with Crippen LogP contribution in [0.4, 0.5) is 15.9 Å². The molecule has 0 aliphatic carbocycles. The number of aromatic nitrogens is 4. The zero-order valence-electron chi connectivity index (χ0n) is 16.3. The number of nitrogen functional groups attached to an aromatic ring is 1. The molecule has 1 aromatic carbocycles. The van der Waals surface area contributed by atoms with Gasteiger partial charge in [-0.05, 0) is 12.1 Å². The smallest absolute Gasteiger partial charge is 0.267 e. The molecule has 3 N–H and O–H groups in total. The van der Waals surface area contributed by atoms with Crippen LogP contribution in [0, 0.1) is 5.82 Å². The summed E-state index contributed by atoms with van der Waals surface area (Å²) in [7, 11) is -1.26. The number of nitrogens with zero attached hydrogens (tertiary/aromatic N) is 4. The summed E-state index contributed by atoms with van der Waals surface area (Å²) >= 11 is 5.88. The van der Waals surface area contributed by atoms with Gasteiger partial charge in [-0.2, -0.15) is 0 Å². The Labute approximate surface area is 181 Å². The summed E-state index contributed by atoms with van der Waals surface area (Å²) < 4.78 is 50.2. The molecule has 0 aliphatic rings. The number of ether oxygens (including phenoxy) is 1. The summed E-state index contributed by atoms with van der Waals surface area (Å²) in [5.41, 5.74) is 6.79. The Morgan fingerprint density at radius 3 is 2.74 bits per heavy atom. The van der Waals surface area contributed by atoms with Crippen LogP contribution in [0.1, 0.15) is 0 Å². The van der Waals surface area contributed by atoms with Gasteiger partial charge in [-0.1, -0.05) is 23.7 Å². The summed E-state index contributed by atoms with van der Waals surface area (Å²) in [5.74, 6) is -0.788. The molecule has 0 aliphatic heterocycles. The van der Waals surface area contributed by atoms with Gasteiger partial charge in [0.05, 0.1) is 23.2 Å². The minimum absolute atomic E-state index is 0.0848. The molecule has 4 rings (SSSR count). The maximum absolute atomic E-state index is 15.4. The van der Waals surface area contributed by atoms with Crippen LogP contribution in [0.2, 0.25) is 5.02 Å². The number of pyridine rings is 1. The second-order valence-electron chi connectivity index (χ2n) is 6.54. The molecule has 0 unspecified atom stereocenters. The fraction of sp³-hybridized carbons (Fsp3) is 0.105. The predicted molar refractivity (Wildman–Crippen MR) is 115 cm³/mol. The molecule has 0 saturated heterocycles. The summed E-state index contributed by atoms with van der Waals surface area (Å²) in [6.07, 6.45) is 4.21. The van der Waals surface area contributed by atoms with E-state index in [-0.39, 0.29) is 32.9 Å². The van der Waals surface area contributed by atoms with Gasteiger partial charge in [-0.25, -0.2) is 27.8 Å². The minimum atomic E-state index is -4.26. The molecule has 0 spiro atoms. The maximum Gasteiger partial charge on any atom is 0.267 e. The number of benzene rings is 1. The van der Waals surface area contributed by atoms with Gasteiger partial charge < -0.3 is 15.0 Å². The van der Waals surface area contributed by atoms with Crippen LogP contribution >= 0.6 is 11.6 Å². The van der Waals surface area contributed by atoms with Gasteiger partial charge in [-0.15, -0.1) is 0 Å². The number of rotatable bonds is 5. The molecule has 0 fully saturated rings. The van der Waals surface area contributed by atoms with Crippen molar-refractivity contribution < 1.29 is 17.5 Å². The average Bonchev–Trinajstić information content (AvgIpc) is 3.07. The first-order valence-electron chi connectivity index (χ1n) is 8.79. The molecular formula is C19H16ClFN6O3S. The van der Waals surface area contributed by atoms with Crippen molar-refractivity contribution in [2.75, 3.05) is 17.6 Å². The third-order valence-corrected chi connectivity index (χ3v) is 6.15. The normalized spacial score (nSPS) is 11.6. The highest BCUT2D eigenvalue weighted by Crippen LogP contribution is 2.36. The molecule has 0 saturated carbocycles. The van der Waals surface area contributed by atoms with Crippen molar-refractivity contribution in [1.29, 1.82) is 0 Å². The average molecular weight is 463 g/mol. The lowest BCUT2D eigenvalue weighted by Gasteiger charge is -2.13. The van der Waals surface area contributed by atoms with E-state index in [1.165, 1.54) is 43.9 Å². The molecule has 0 atom stereocenters. The number of fused-ring (bicyclic) bond motifs is 1. The van der Waals surface area contributed by atoms with Crippen molar-refractivity contribution in [3.05, 3.63) is 53.8 Å². The highest BCUT2D eigenvalue weighted by Gasteiger charge is 2.24. The lowest BCUT2D eigenvalue weighted by Crippen LogP contribution is -2.16. The fourth-order valence-corrected chi connectivity index (χ4v) is 4.64. The molecular weight excluding hydrogens is 447 g/mol. The monoisotopic (exact) mass is 462 g/mol. The van der Waals surface area contributed by atoms with Gasteiger partial charge in [-0.3, -0.25) is 4.72 Å². The molecule has 160 valence electrons. The molecule has 3 heterocycles. The summed E-state index contributed by atoms with van der Waals surface area (Å²) in [6, 6.07) is 5.49. The van der Waals surface area contributed by atoms with E-state index in [0.29, 0.717) is 16.6 Å². The lowest BCUT2D eigenvalue weighted by atomic mass is 10.0. The molecule has 3 aromatic heterocycles. The Hall–Kier alpha value is -3.44. The quantitative estimate of drug-likeness (QED) is 0.466. The number of methoxy groups -OCH3 is 1. The van der Waals surface area contributed by atoms with Crippen LogP contribution in [0.3, 0.4) is 0 Å². The SMILES string of the molecule is COc1ncc(Cl)cc1S(=O)(=O)Nc1cccc(-c2cn(C)c3ncnc(N)c23)c1F. The Morgan fingerprint density at radius 2 is 2.00 bits per heavy atom. The zero-order chi connectivity index (χ0) is 22.3. The van der Waals surface area contributed by atoms with Crippen molar-refractivity contribution in [2.45, 2.75) is 4.90 Å². The summed E-state index contributed by atoms with van der Waals surface area (Å²) in [6.45, 7) is 0. The van der Waals surface area contributed by atoms with Gasteiger partial charge in [0.15, 0.2) is 10.7 Å². The first kappa shape index (κ1) is 20.8. The van der Waals surface area contributed by atoms with Crippen LogP contribution in [-0.2, 0) is 17.1 Å². The largest absolute Gasteiger partial charge is 0.480 e. The van der Waals surface area contributed by atoms with Crippen molar-refractivity contribution in [3.63, 3.8) is 0 Å². The molecule has 0 bridgehead atoms. The molecule has 9 nitrogen and oxygen atoms in total. The van der Waals surface area contributed by atoms with Gasteiger partial charge in [0.2, 0.25) is 5.88 Å². The summed E-state index contributed by atoms with van der Waals surface area (Å²) in [4.78, 5) is 11.7. The topological polar surface area (TPSA) is 125 Å². The van der Waals surface area contributed by atoms with E-state index in [9.17, 15) is 8.42 Å². The van der Waals surface area contributed by atoms with Gasteiger partial charge in [0, 0.05) is 30.6 Å². The van der Waals surface area contributed by atoms with Gasteiger partial charge in [0.1, 0.15) is 17.8 Å². The van der Waals surface area contributed by atoms with Crippen LogP contribution in [0.5, 0.6) is 5.88 Å². The van der Waals surface area contributed by atoms with Gasteiger partial charge in [0.25, 0.3) is 10.0 Å². The van der Waals surface area contributed by atoms with Crippen molar-refractivity contribution >= 4 is 44.2 Å². The number of nitrogens with two attached hydrogens (primary N) is 1. The number of nitrogens with one attached hydrogen (secondary N) is 1. The van der Waals surface area contributed by atoms with Crippen molar-refractivity contribution in [2.24, 2.45) is 7.05 Å². The Kier molecular flexibility index (Phi) is 5.15. The van der Waals surface area contributed by atoms with Crippen molar-refractivity contribution in [3.8, 4) is 17.0 Å². The van der Waals surface area contributed by atoms with E-state index in [1.807, 2.05) is 0 Å². The first-order valence-corrected chi connectivity index (χ1v) is 10.7. The maximum atomic E-state index is 15.4. The minimum Gasteiger partial charge on any atom is -0.480 e. The highest BCUT2D eigenvalue weighted by molar-refractivity contribution is 7.92. The number of sulfonamides is 1. The van der Waals surface area contributed by atoms with Crippen LogP contribution in [0.15, 0.2) is 47.9 Å². The van der Waals surface area contributed by atoms with E-state index < -0.39 is 15.8 Å². The Morgan fingerprint density at radius 1 is 1.23 bits per heavy atom. The third-order valence-electron chi connectivity index (χ3n) is 4.58. The summed E-state index contributed by atoms with van der Waals surface area (Å²) in [5, 5.41) is 0.547. The van der Waals surface area contributed by atoms with E-state index in [4.69, 9.17) is 22.1 Å². The lowest BCUT2D eigenvalue weighted by molar-refractivity contribution is 0.385. The number of hydrogen-bond acceptors (Lipinski definition) is 7. The third kappa shape index (κ3) is 3.62. The number of aryl methyl sites for hydroxylation is 1. The Balaban J connectivity index is 1.83. The Bertz CT molecular complexity index is 1420. The van der Waals surface area contributed by atoms with E-state index in [1.54, 1.807) is 17.8 Å². The standard InChI is InChI=1S/C19H16ClFN6O3S/c1-27-8-12(15-17(22)24-9-25-18(15)27)11-4-3-5-13(16(11)21)26-31(28,29)14-6-10(20)7-23-19(14)30-2/h3-9,26H,1-2H3,(H2,22,24,25). The molecule has 31 heavy (non-hydrogen) atoms. The number of hydrogen-bond donors (Lipinski definition) is 2. The first-order chi connectivity index (χ1) is 14.7. The molecule has 0 amide bonds. The van der Waals surface area contributed by atoms with Crippen LogP contribution in [0.25, 0.3) is 22.2 Å². The second kappa shape index (κ2) is 7.67. The molecule has 4 aromatic rings. The van der Waals surface area contributed by atoms with E-state index >= 15 is 4.39 Å². The fourth-order valence-electron chi connectivity index (χ4n) is 3.21. The van der Waals surface area contributed by atoms with E-state index in [2.05, 4.69) is 19.7 Å².